The van der Waals surface area contributed by atoms with Gasteiger partial charge in [0.2, 0.25) is 0 Å². The van der Waals surface area contributed by atoms with Crippen LogP contribution >= 0.6 is 34.9 Å². The van der Waals surface area contributed by atoms with Crippen molar-refractivity contribution in [1.82, 2.24) is 0 Å². The topological polar surface area (TPSA) is 0 Å². The molecular weight excluding hydrogens is 336 g/mol. The zero-order chi connectivity index (χ0) is 16.6. The van der Waals surface area contributed by atoms with Gasteiger partial charge >= 0.3 is 0 Å². The molecule has 0 aliphatic rings. The fourth-order valence-electron chi connectivity index (χ4n) is 2.61. The lowest BCUT2D eigenvalue weighted by molar-refractivity contribution is 0.627. The van der Waals surface area contributed by atoms with Crippen molar-refractivity contribution in [3.8, 4) is 0 Å². The molecule has 0 spiro atoms. The molecule has 0 atom stereocenters. The molecule has 0 unspecified atom stereocenters. The molecule has 0 aliphatic carbocycles. The highest BCUT2D eigenvalue weighted by Crippen LogP contribution is 2.35. The molecule has 0 aliphatic heterocycles. The monoisotopic (exact) mass is 372 g/mol. The van der Waals surface area contributed by atoms with Gasteiger partial charge in [-0.25, -0.2) is 0 Å². The highest BCUT2D eigenvalue weighted by atomic mass is 32.2. The van der Waals surface area contributed by atoms with E-state index in [0.29, 0.717) is 0 Å². The lowest BCUT2D eigenvalue weighted by Gasteiger charge is -2.05. The first-order valence-electron chi connectivity index (χ1n) is 9.70. The average Bonchev–Trinajstić information content (AvgIpc) is 3.00. The molecule has 0 saturated carbocycles. The zero-order valence-corrected chi connectivity index (χ0v) is 17.7. The number of thiophene rings is 1. The highest BCUT2D eigenvalue weighted by Gasteiger charge is 2.05. The molecule has 134 valence electrons. The van der Waals surface area contributed by atoms with E-state index in [0.717, 1.165) is 0 Å². The normalized spacial score (nSPS) is 11.2. The van der Waals surface area contributed by atoms with Crippen LogP contribution in [0.25, 0.3) is 0 Å². The average molecular weight is 373 g/mol. The van der Waals surface area contributed by atoms with Gasteiger partial charge in [0.25, 0.3) is 0 Å². The summed E-state index contributed by atoms with van der Waals surface area (Å²) < 4.78 is 0. The summed E-state index contributed by atoms with van der Waals surface area (Å²) in [7, 11) is 0. The molecule has 0 fully saturated rings. The Morgan fingerprint density at radius 1 is 0.609 bits per heavy atom. The summed E-state index contributed by atoms with van der Waals surface area (Å²) in [5, 5.41) is 4.71. The Labute approximate surface area is 157 Å². The van der Waals surface area contributed by atoms with Gasteiger partial charge in [0.15, 0.2) is 0 Å². The third kappa shape index (κ3) is 11.6. The van der Waals surface area contributed by atoms with Crippen LogP contribution in [0, 0.1) is 0 Å². The number of unbranched alkanes of at least 4 members (excludes halogenated alkanes) is 10. The van der Waals surface area contributed by atoms with Gasteiger partial charge in [-0.15, -0.1) is 23.5 Å². The van der Waals surface area contributed by atoms with Crippen LogP contribution in [-0.2, 0) is 0 Å². The van der Waals surface area contributed by atoms with E-state index in [-0.39, 0.29) is 0 Å². The molecule has 1 rings (SSSR count). The summed E-state index contributed by atoms with van der Waals surface area (Å²) in [5.41, 5.74) is 0. The Balaban J connectivity index is 2.04. The van der Waals surface area contributed by atoms with Crippen molar-refractivity contribution in [1.29, 1.82) is 0 Å². The molecule has 0 amide bonds. The van der Waals surface area contributed by atoms with Gasteiger partial charge in [-0.3, -0.25) is 0 Å². The lowest BCUT2D eigenvalue weighted by Crippen LogP contribution is -1.84. The minimum absolute atomic E-state index is 1.30. The number of rotatable bonds is 16. The van der Waals surface area contributed by atoms with E-state index in [9.17, 15) is 0 Å². The molecule has 1 aromatic rings. The predicted octanol–water partition coefficient (Wildman–Crippen LogP) is 8.65. The van der Waals surface area contributed by atoms with Gasteiger partial charge in [0, 0.05) is 20.6 Å². The smallest absolute Gasteiger partial charge is 0.0315 e. The molecule has 1 heterocycles. The van der Waals surface area contributed by atoms with E-state index in [2.05, 4.69) is 48.1 Å². The van der Waals surface area contributed by atoms with Gasteiger partial charge in [0.05, 0.1) is 0 Å². The van der Waals surface area contributed by atoms with E-state index >= 15 is 0 Å². The first kappa shape index (κ1) is 21.4. The summed E-state index contributed by atoms with van der Waals surface area (Å²) >= 11 is 6.04. The third-order valence-electron chi connectivity index (χ3n) is 4.10. The molecule has 23 heavy (non-hydrogen) atoms. The second-order valence-corrected chi connectivity index (χ2v) is 9.35. The maximum Gasteiger partial charge on any atom is 0.0315 e. The zero-order valence-electron chi connectivity index (χ0n) is 15.3. The predicted molar refractivity (Wildman–Crippen MR) is 113 cm³/mol. The van der Waals surface area contributed by atoms with Crippen LogP contribution in [0.3, 0.4) is 0 Å². The Hall–Kier alpha value is 0.400. The van der Waals surface area contributed by atoms with Crippen molar-refractivity contribution < 1.29 is 0 Å². The highest BCUT2D eigenvalue weighted by molar-refractivity contribution is 8.02. The molecule has 3 heteroatoms. The summed E-state index contributed by atoms with van der Waals surface area (Å²) in [6.07, 6.45) is 16.8. The van der Waals surface area contributed by atoms with Crippen LogP contribution in [0.1, 0.15) is 90.9 Å². The quantitative estimate of drug-likeness (QED) is 0.210. The number of hydrogen-bond acceptors (Lipinski definition) is 3. The van der Waals surface area contributed by atoms with Gasteiger partial charge in [-0.05, 0) is 24.3 Å². The van der Waals surface area contributed by atoms with Crippen LogP contribution in [0.4, 0.5) is 0 Å². The molecule has 0 bridgehead atoms. The van der Waals surface area contributed by atoms with Crippen molar-refractivity contribution in [3.05, 3.63) is 10.8 Å². The first-order chi connectivity index (χ1) is 11.4. The SMILES string of the molecule is CCCCCCCCSc1cscc1SCCCCCCCC. The third-order valence-corrected chi connectivity index (χ3v) is 7.56. The summed E-state index contributed by atoms with van der Waals surface area (Å²) in [4.78, 5) is 3.08. The van der Waals surface area contributed by atoms with Crippen molar-refractivity contribution in [2.75, 3.05) is 11.5 Å². The minimum Gasteiger partial charge on any atom is -0.150 e. The molecule has 0 N–H and O–H groups in total. The maximum atomic E-state index is 2.35. The summed E-state index contributed by atoms with van der Waals surface area (Å²) in [5.74, 6) is 2.60. The largest absolute Gasteiger partial charge is 0.150 e. The van der Waals surface area contributed by atoms with Crippen LogP contribution in [-0.4, -0.2) is 11.5 Å². The van der Waals surface area contributed by atoms with Crippen LogP contribution in [0.5, 0.6) is 0 Å². The van der Waals surface area contributed by atoms with Crippen LogP contribution in [0.15, 0.2) is 20.6 Å². The molecule has 0 nitrogen and oxygen atoms in total. The Bertz CT molecular complexity index is 327. The van der Waals surface area contributed by atoms with Crippen LogP contribution < -0.4 is 0 Å². The van der Waals surface area contributed by atoms with Crippen molar-refractivity contribution in [3.63, 3.8) is 0 Å². The lowest BCUT2D eigenvalue weighted by atomic mass is 10.1. The van der Waals surface area contributed by atoms with Gasteiger partial charge in [-0.1, -0.05) is 78.1 Å². The summed E-state index contributed by atoms with van der Waals surface area (Å²) in [6.45, 7) is 4.58. The van der Waals surface area contributed by atoms with Gasteiger partial charge in [0.1, 0.15) is 0 Å². The standard InChI is InChI=1S/C20H36S3/c1-3-5-7-9-11-13-15-22-19-17-21-18-20(19)23-16-14-12-10-8-6-4-2/h17-18H,3-16H2,1-2H3. The Morgan fingerprint density at radius 3 is 1.43 bits per heavy atom. The molecule has 1 aromatic heterocycles. The maximum absolute atomic E-state index is 2.35. The Kier molecular flexibility index (Phi) is 14.8. The van der Waals surface area contributed by atoms with E-state index in [4.69, 9.17) is 0 Å². The number of thioether (sulfide) groups is 2. The number of hydrogen-bond donors (Lipinski definition) is 0. The van der Waals surface area contributed by atoms with E-state index in [1.165, 1.54) is 88.6 Å². The molecule has 0 aromatic carbocycles. The first-order valence-corrected chi connectivity index (χ1v) is 12.6. The van der Waals surface area contributed by atoms with Crippen molar-refractivity contribution >= 4 is 34.9 Å². The van der Waals surface area contributed by atoms with Crippen molar-refractivity contribution in [2.45, 2.75) is 101 Å². The second kappa shape index (κ2) is 15.9. The molecular formula is C20H36S3. The van der Waals surface area contributed by atoms with Crippen molar-refractivity contribution in [2.24, 2.45) is 0 Å². The van der Waals surface area contributed by atoms with E-state index in [1.54, 1.807) is 9.79 Å². The Morgan fingerprint density at radius 2 is 1.00 bits per heavy atom. The van der Waals surface area contributed by atoms with Gasteiger partial charge in [-0.2, -0.15) is 11.3 Å². The van der Waals surface area contributed by atoms with E-state index < -0.39 is 0 Å². The summed E-state index contributed by atoms with van der Waals surface area (Å²) in [6, 6.07) is 0. The van der Waals surface area contributed by atoms with Crippen LogP contribution in [0.2, 0.25) is 0 Å². The van der Waals surface area contributed by atoms with Gasteiger partial charge < -0.3 is 0 Å². The second-order valence-electron chi connectivity index (χ2n) is 6.33. The molecule has 0 radical (unpaired) electrons. The molecule has 0 saturated heterocycles. The van der Waals surface area contributed by atoms with E-state index in [1.807, 2.05) is 11.3 Å². The minimum atomic E-state index is 1.30. The fourth-order valence-corrected chi connectivity index (χ4v) is 6.10. The fraction of sp³-hybridized carbons (Fsp3) is 0.800.